The fourth-order valence-corrected chi connectivity index (χ4v) is 3.30. The minimum atomic E-state index is -1.09. The van der Waals surface area contributed by atoms with E-state index in [2.05, 4.69) is 18.8 Å². The van der Waals surface area contributed by atoms with Gasteiger partial charge in [0.05, 0.1) is 5.56 Å². The van der Waals surface area contributed by atoms with E-state index in [9.17, 15) is 9.50 Å². The highest BCUT2D eigenvalue weighted by atomic mass is 19.1. The SMILES string of the molecule is CCCC1CCC(c2ccc(C#CC(C)(C)O)c(F)c2)CC1. The van der Waals surface area contributed by atoms with Crippen molar-refractivity contribution in [3.05, 3.63) is 35.1 Å². The lowest BCUT2D eigenvalue weighted by Gasteiger charge is -2.28. The third-order valence-electron chi connectivity index (χ3n) is 4.51. The van der Waals surface area contributed by atoms with Crippen molar-refractivity contribution in [2.24, 2.45) is 5.92 Å². The Morgan fingerprint density at radius 3 is 2.45 bits per heavy atom. The standard InChI is InChI=1S/C20H27FO/c1-4-5-15-6-8-16(9-7-15)18-11-10-17(19(21)14-18)12-13-20(2,3)22/h10-11,14-16,22H,4-9H2,1-3H3. The highest BCUT2D eigenvalue weighted by Gasteiger charge is 2.22. The molecule has 0 heterocycles. The van der Waals surface area contributed by atoms with Crippen molar-refractivity contribution in [1.29, 1.82) is 0 Å². The largest absolute Gasteiger partial charge is 0.378 e. The molecule has 2 rings (SSSR count). The average molecular weight is 302 g/mol. The van der Waals surface area contributed by atoms with Crippen molar-refractivity contribution in [2.75, 3.05) is 0 Å². The molecule has 1 saturated carbocycles. The van der Waals surface area contributed by atoms with Crippen molar-refractivity contribution < 1.29 is 9.50 Å². The molecule has 0 atom stereocenters. The summed E-state index contributed by atoms with van der Waals surface area (Å²) in [4.78, 5) is 0. The lowest BCUT2D eigenvalue weighted by Crippen LogP contribution is -2.14. The van der Waals surface area contributed by atoms with Crippen molar-refractivity contribution in [3.63, 3.8) is 0 Å². The zero-order chi connectivity index (χ0) is 16.2. The third kappa shape index (κ3) is 4.85. The molecule has 0 amide bonds. The Kier molecular flexibility index (Phi) is 5.64. The van der Waals surface area contributed by atoms with Gasteiger partial charge in [-0.1, -0.05) is 37.7 Å². The Hall–Kier alpha value is -1.33. The van der Waals surface area contributed by atoms with Gasteiger partial charge in [0.25, 0.3) is 0 Å². The van der Waals surface area contributed by atoms with Crippen LogP contribution in [0.3, 0.4) is 0 Å². The maximum absolute atomic E-state index is 14.2. The molecule has 22 heavy (non-hydrogen) atoms. The predicted octanol–water partition coefficient (Wildman–Crippen LogP) is 5.02. The summed E-state index contributed by atoms with van der Waals surface area (Å²) < 4.78 is 14.2. The molecule has 2 heteroatoms. The molecule has 0 unspecified atom stereocenters. The summed E-state index contributed by atoms with van der Waals surface area (Å²) in [7, 11) is 0. The third-order valence-corrected chi connectivity index (χ3v) is 4.51. The van der Waals surface area contributed by atoms with Crippen LogP contribution < -0.4 is 0 Å². The van der Waals surface area contributed by atoms with Gasteiger partial charge in [-0.15, -0.1) is 0 Å². The number of aliphatic hydroxyl groups is 1. The summed E-state index contributed by atoms with van der Waals surface area (Å²) in [5.74, 6) is 6.47. The Labute approximate surface area is 133 Å². The molecule has 0 saturated heterocycles. The first-order valence-corrected chi connectivity index (χ1v) is 8.44. The second-order valence-electron chi connectivity index (χ2n) is 7.05. The van der Waals surface area contributed by atoms with Crippen molar-refractivity contribution >= 4 is 0 Å². The summed E-state index contributed by atoms with van der Waals surface area (Å²) in [6, 6.07) is 5.39. The zero-order valence-corrected chi connectivity index (χ0v) is 14.0. The average Bonchev–Trinajstić information content (AvgIpc) is 2.46. The molecule has 1 nitrogen and oxygen atoms in total. The molecule has 0 aromatic heterocycles. The van der Waals surface area contributed by atoms with Gasteiger partial charge in [-0.2, -0.15) is 0 Å². The first kappa shape index (κ1) is 17.0. The summed E-state index contributed by atoms with van der Waals surface area (Å²) in [5.41, 5.74) is 0.370. The number of hydrogen-bond acceptors (Lipinski definition) is 1. The Morgan fingerprint density at radius 1 is 1.23 bits per heavy atom. The number of hydrogen-bond donors (Lipinski definition) is 1. The second kappa shape index (κ2) is 7.29. The molecule has 1 aromatic carbocycles. The second-order valence-corrected chi connectivity index (χ2v) is 7.05. The zero-order valence-electron chi connectivity index (χ0n) is 14.0. The number of rotatable bonds is 3. The van der Waals surface area contributed by atoms with Gasteiger partial charge in [0.2, 0.25) is 0 Å². The smallest absolute Gasteiger partial charge is 0.139 e. The molecule has 1 aromatic rings. The van der Waals surface area contributed by atoms with Crippen LogP contribution in [0.4, 0.5) is 4.39 Å². The summed E-state index contributed by atoms with van der Waals surface area (Å²) in [6.45, 7) is 5.44. The van der Waals surface area contributed by atoms with Crippen molar-refractivity contribution in [3.8, 4) is 11.8 Å². The lowest BCUT2D eigenvalue weighted by molar-refractivity contribution is 0.143. The maximum atomic E-state index is 14.2. The molecule has 1 N–H and O–H groups in total. The Morgan fingerprint density at radius 2 is 1.91 bits per heavy atom. The fourth-order valence-electron chi connectivity index (χ4n) is 3.30. The molecule has 0 bridgehead atoms. The van der Waals surface area contributed by atoms with E-state index < -0.39 is 5.60 Å². The minimum absolute atomic E-state index is 0.273. The van der Waals surface area contributed by atoms with Gasteiger partial charge in [0, 0.05) is 0 Å². The van der Waals surface area contributed by atoms with Gasteiger partial charge in [-0.3, -0.25) is 0 Å². The highest BCUT2D eigenvalue weighted by molar-refractivity contribution is 5.39. The number of halogens is 1. The highest BCUT2D eigenvalue weighted by Crippen LogP contribution is 2.37. The summed E-state index contributed by atoms with van der Waals surface area (Å²) in [6.07, 6.45) is 7.45. The van der Waals surface area contributed by atoms with Crippen LogP contribution in [0, 0.1) is 23.6 Å². The fraction of sp³-hybridized carbons (Fsp3) is 0.600. The molecule has 0 radical (unpaired) electrons. The van der Waals surface area contributed by atoms with Crippen LogP contribution >= 0.6 is 0 Å². The molecule has 120 valence electrons. The van der Waals surface area contributed by atoms with Crippen LogP contribution in [0.2, 0.25) is 0 Å². The van der Waals surface area contributed by atoms with Crippen LogP contribution in [-0.4, -0.2) is 10.7 Å². The first-order valence-electron chi connectivity index (χ1n) is 8.44. The lowest BCUT2D eigenvalue weighted by atomic mass is 9.77. The first-order chi connectivity index (χ1) is 10.4. The predicted molar refractivity (Wildman–Crippen MR) is 89.2 cm³/mol. The van der Waals surface area contributed by atoms with Gasteiger partial charge >= 0.3 is 0 Å². The van der Waals surface area contributed by atoms with E-state index >= 15 is 0 Å². The van der Waals surface area contributed by atoms with E-state index in [0.29, 0.717) is 11.5 Å². The molecule has 1 fully saturated rings. The minimum Gasteiger partial charge on any atom is -0.378 e. The molecule has 0 aliphatic heterocycles. The van der Waals surface area contributed by atoms with Crippen molar-refractivity contribution in [2.45, 2.75) is 70.8 Å². The molecule has 0 spiro atoms. The van der Waals surface area contributed by atoms with Crippen molar-refractivity contribution in [1.82, 2.24) is 0 Å². The molecular formula is C20H27FO. The molecular weight excluding hydrogens is 275 g/mol. The van der Waals surface area contributed by atoms with Gasteiger partial charge in [0.15, 0.2) is 0 Å². The van der Waals surface area contributed by atoms with Crippen LogP contribution in [0.15, 0.2) is 18.2 Å². The van der Waals surface area contributed by atoms with E-state index in [0.717, 1.165) is 11.5 Å². The van der Waals surface area contributed by atoms with E-state index in [4.69, 9.17) is 0 Å². The van der Waals surface area contributed by atoms with Gasteiger partial charge < -0.3 is 5.11 Å². The van der Waals surface area contributed by atoms with Crippen LogP contribution in [0.5, 0.6) is 0 Å². The maximum Gasteiger partial charge on any atom is 0.139 e. The van der Waals surface area contributed by atoms with Crippen LogP contribution in [0.1, 0.15) is 76.3 Å². The van der Waals surface area contributed by atoms with Crippen LogP contribution in [-0.2, 0) is 0 Å². The van der Waals surface area contributed by atoms with Gasteiger partial charge in [0.1, 0.15) is 11.4 Å². The van der Waals surface area contributed by atoms with E-state index in [1.54, 1.807) is 26.0 Å². The number of benzene rings is 1. The quantitative estimate of drug-likeness (QED) is 0.777. The summed E-state index contributed by atoms with van der Waals surface area (Å²) in [5, 5.41) is 9.60. The van der Waals surface area contributed by atoms with E-state index in [-0.39, 0.29) is 5.82 Å². The van der Waals surface area contributed by atoms with Crippen LogP contribution in [0.25, 0.3) is 0 Å². The Balaban J connectivity index is 2.05. The summed E-state index contributed by atoms with van der Waals surface area (Å²) >= 11 is 0. The molecule has 1 aliphatic rings. The molecule has 1 aliphatic carbocycles. The van der Waals surface area contributed by atoms with Gasteiger partial charge in [-0.05, 0) is 69.1 Å². The van der Waals surface area contributed by atoms with E-state index in [1.807, 2.05) is 6.07 Å². The Bertz CT molecular complexity index is 551. The monoisotopic (exact) mass is 302 g/mol. The van der Waals surface area contributed by atoms with E-state index in [1.165, 1.54) is 38.5 Å². The normalized spacial score (nSPS) is 22.0. The van der Waals surface area contributed by atoms with Gasteiger partial charge in [-0.25, -0.2) is 4.39 Å². The topological polar surface area (TPSA) is 20.2 Å².